The van der Waals surface area contributed by atoms with E-state index in [0.717, 1.165) is 0 Å². The fourth-order valence-electron chi connectivity index (χ4n) is 0.262. The van der Waals surface area contributed by atoms with E-state index in [1.54, 1.807) is 0 Å². The quantitative estimate of drug-likeness (QED) is 0.524. The summed E-state index contributed by atoms with van der Waals surface area (Å²) in [6, 6.07) is 0. The predicted octanol–water partition coefficient (Wildman–Crippen LogP) is -0.378. The normalized spacial score (nSPS) is 10.3. The van der Waals surface area contributed by atoms with Crippen LogP contribution in [0.15, 0.2) is 0 Å². The molecule has 0 saturated carbocycles. The van der Waals surface area contributed by atoms with Crippen LogP contribution >= 0.6 is 0 Å². The second-order valence-corrected chi connectivity index (χ2v) is 1.49. The first-order chi connectivity index (χ1) is 3.31. The van der Waals surface area contributed by atoms with E-state index in [1.165, 1.54) is 0 Å². The van der Waals surface area contributed by atoms with Gasteiger partial charge in [0, 0.05) is 13.1 Å². The van der Waals surface area contributed by atoms with Crippen molar-refractivity contribution in [2.45, 2.75) is 0 Å². The van der Waals surface area contributed by atoms with Crippen LogP contribution in [0.1, 0.15) is 0 Å². The van der Waals surface area contributed by atoms with Crippen LogP contribution in [0.2, 0.25) is 0 Å². The molecule has 2 nitrogen and oxygen atoms in total. The number of nitrogens with zero attached hydrogens (tertiary/aromatic N) is 1. The Kier molecular flexibility index (Phi) is 4.04. The maximum absolute atomic E-state index is 8.27. The zero-order chi connectivity index (χ0) is 5.70. The Morgan fingerprint density at radius 3 is 2.43 bits per heavy atom. The van der Waals surface area contributed by atoms with E-state index >= 15 is 0 Å². The van der Waals surface area contributed by atoms with E-state index in [0.29, 0.717) is 13.1 Å². The van der Waals surface area contributed by atoms with Crippen LogP contribution < -0.4 is 0 Å². The lowest BCUT2D eigenvalue weighted by molar-refractivity contribution is 0.232. The van der Waals surface area contributed by atoms with Crippen LogP contribution in [0, 0.1) is 6.92 Å². The van der Waals surface area contributed by atoms with Crippen LogP contribution in [0.3, 0.4) is 0 Å². The number of aliphatic hydroxyl groups is 1. The largest absolute Gasteiger partial charge is 0.395 e. The van der Waals surface area contributed by atoms with Crippen molar-refractivity contribution in [3.63, 3.8) is 0 Å². The molecule has 0 aliphatic rings. The molecule has 0 heterocycles. The Morgan fingerprint density at radius 2 is 2.29 bits per heavy atom. The molecule has 0 amide bonds. The average Bonchev–Trinajstić information content (AvgIpc) is 1.68. The monoisotopic (exact) mass is 101 g/mol. The molecular weight excluding hydrogens is 90.1 g/mol. The molecule has 42 valence electrons. The SMILES string of the molecule is [CH]CN(C)CCO. The first-order valence-corrected chi connectivity index (χ1v) is 2.30. The summed E-state index contributed by atoms with van der Waals surface area (Å²) in [5.74, 6) is 0. The Morgan fingerprint density at radius 1 is 1.71 bits per heavy atom. The van der Waals surface area contributed by atoms with Gasteiger partial charge in [0.1, 0.15) is 0 Å². The molecule has 0 fully saturated rings. The summed E-state index contributed by atoms with van der Waals surface area (Å²) >= 11 is 0. The van der Waals surface area contributed by atoms with Crippen molar-refractivity contribution in [2.24, 2.45) is 0 Å². The zero-order valence-electron chi connectivity index (χ0n) is 4.59. The lowest BCUT2D eigenvalue weighted by atomic mass is 10.6. The molecule has 0 aliphatic carbocycles. The maximum Gasteiger partial charge on any atom is 0.0558 e. The molecule has 0 rings (SSSR count). The summed E-state index contributed by atoms with van der Waals surface area (Å²) in [6.45, 7) is 6.54. The molecule has 7 heavy (non-hydrogen) atoms. The second kappa shape index (κ2) is 4.09. The van der Waals surface area contributed by atoms with Gasteiger partial charge in [0.2, 0.25) is 0 Å². The topological polar surface area (TPSA) is 23.5 Å². The highest BCUT2D eigenvalue weighted by atomic mass is 16.3. The van der Waals surface area contributed by atoms with E-state index in [4.69, 9.17) is 12.0 Å². The number of likely N-dealkylation sites (N-methyl/N-ethyl adjacent to an activating group) is 1. The molecule has 0 atom stereocenters. The lowest BCUT2D eigenvalue weighted by Crippen LogP contribution is -2.21. The lowest BCUT2D eigenvalue weighted by Gasteiger charge is -2.09. The Bertz CT molecular complexity index is 39.1. The minimum atomic E-state index is 0.188. The number of hydrogen-bond donors (Lipinski definition) is 1. The average molecular weight is 101 g/mol. The van der Waals surface area contributed by atoms with Crippen LogP contribution in [-0.4, -0.2) is 36.8 Å². The summed E-state index contributed by atoms with van der Waals surface area (Å²) in [6.07, 6.45) is 0. The van der Waals surface area contributed by atoms with Crippen LogP contribution in [0.25, 0.3) is 0 Å². The van der Waals surface area contributed by atoms with Crippen molar-refractivity contribution >= 4 is 0 Å². The molecule has 0 aromatic rings. The van der Waals surface area contributed by atoms with Gasteiger partial charge in [-0.05, 0) is 14.0 Å². The smallest absolute Gasteiger partial charge is 0.0558 e. The first-order valence-electron chi connectivity index (χ1n) is 2.30. The van der Waals surface area contributed by atoms with E-state index in [1.807, 2.05) is 11.9 Å². The molecule has 1 N–H and O–H groups in total. The van der Waals surface area contributed by atoms with Gasteiger partial charge in [-0.15, -0.1) is 0 Å². The molecule has 0 aliphatic heterocycles. The fraction of sp³-hybridized carbons (Fsp3) is 0.800. The molecule has 0 aromatic heterocycles. The highest BCUT2D eigenvalue weighted by Crippen LogP contribution is 1.74. The minimum Gasteiger partial charge on any atom is -0.395 e. The Labute approximate surface area is 44.8 Å². The molecule has 2 heteroatoms. The number of aliphatic hydroxyl groups excluding tert-OH is 1. The number of rotatable bonds is 3. The standard InChI is InChI=1S/C5H11NO/c1-3-6(2)4-5-7/h1,7H,3-5H2,2H3. The molecule has 0 saturated heterocycles. The zero-order valence-corrected chi connectivity index (χ0v) is 4.59. The van der Waals surface area contributed by atoms with Gasteiger partial charge >= 0.3 is 0 Å². The van der Waals surface area contributed by atoms with Gasteiger partial charge in [-0.3, -0.25) is 0 Å². The maximum atomic E-state index is 8.27. The van der Waals surface area contributed by atoms with Gasteiger partial charge in [-0.25, -0.2) is 0 Å². The third-order valence-electron chi connectivity index (χ3n) is 0.793. The van der Waals surface area contributed by atoms with Crippen molar-refractivity contribution in [1.82, 2.24) is 4.90 Å². The van der Waals surface area contributed by atoms with E-state index in [-0.39, 0.29) is 6.61 Å². The van der Waals surface area contributed by atoms with Crippen LogP contribution in [0.4, 0.5) is 0 Å². The summed E-state index contributed by atoms with van der Waals surface area (Å²) in [5, 5.41) is 8.27. The first kappa shape index (κ1) is 6.92. The van der Waals surface area contributed by atoms with Crippen LogP contribution in [0.5, 0.6) is 0 Å². The predicted molar refractivity (Wildman–Crippen MR) is 28.9 cm³/mol. The molecule has 0 spiro atoms. The van der Waals surface area contributed by atoms with Gasteiger partial charge in [0.05, 0.1) is 6.61 Å². The Hall–Kier alpha value is -0.0800. The summed E-state index contributed by atoms with van der Waals surface area (Å²) < 4.78 is 0. The highest BCUT2D eigenvalue weighted by Gasteiger charge is 1.87. The summed E-state index contributed by atoms with van der Waals surface area (Å²) in [7, 11) is 1.86. The highest BCUT2D eigenvalue weighted by molar-refractivity contribution is 4.48. The summed E-state index contributed by atoms with van der Waals surface area (Å²) in [4.78, 5) is 1.83. The minimum absolute atomic E-state index is 0.188. The van der Waals surface area contributed by atoms with Crippen molar-refractivity contribution in [3.8, 4) is 0 Å². The van der Waals surface area contributed by atoms with Gasteiger partial charge in [-0.1, -0.05) is 0 Å². The summed E-state index contributed by atoms with van der Waals surface area (Å²) in [5.41, 5.74) is 0. The van der Waals surface area contributed by atoms with E-state index in [2.05, 4.69) is 0 Å². The van der Waals surface area contributed by atoms with Gasteiger partial charge in [0.25, 0.3) is 0 Å². The van der Waals surface area contributed by atoms with Crippen molar-refractivity contribution in [2.75, 3.05) is 26.7 Å². The second-order valence-electron chi connectivity index (χ2n) is 1.49. The van der Waals surface area contributed by atoms with Crippen molar-refractivity contribution in [1.29, 1.82) is 0 Å². The molecule has 0 aromatic carbocycles. The van der Waals surface area contributed by atoms with Gasteiger partial charge in [-0.2, -0.15) is 0 Å². The third kappa shape index (κ3) is 3.76. The van der Waals surface area contributed by atoms with Gasteiger partial charge < -0.3 is 10.0 Å². The van der Waals surface area contributed by atoms with Crippen molar-refractivity contribution in [3.05, 3.63) is 6.92 Å². The molecule has 0 bridgehead atoms. The third-order valence-corrected chi connectivity index (χ3v) is 0.793. The van der Waals surface area contributed by atoms with Gasteiger partial charge in [0.15, 0.2) is 0 Å². The Balaban J connectivity index is 2.83. The van der Waals surface area contributed by atoms with Crippen LogP contribution in [-0.2, 0) is 0 Å². The van der Waals surface area contributed by atoms with E-state index < -0.39 is 0 Å². The number of hydrogen-bond acceptors (Lipinski definition) is 2. The molecule has 0 unspecified atom stereocenters. The fourth-order valence-corrected chi connectivity index (χ4v) is 0.262. The van der Waals surface area contributed by atoms with E-state index in [9.17, 15) is 0 Å². The van der Waals surface area contributed by atoms with Crippen molar-refractivity contribution < 1.29 is 5.11 Å². The molecule has 2 radical (unpaired) electrons. The molecular formula is C5H11NO.